The lowest BCUT2D eigenvalue weighted by Crippen LogP contribution is -2.43. The fraction of sp³-hybridized carbons (Fsp3) is 0.438. The number of carbonyl (C=O) groups is 1. The molecule has 2 aromatic rings. The van der Waals surface area contributed by atoms with Crippen molar-refractivity contribution in [1.82, 2.24) is 24.8 Å². The summed E-state index contributed by atoms with van der Waals surface area (Å²) in [6, 6.07) is 0. The van der Waals surface area contributed by atoms with Crippen molar-refractivity contribution in [1.29, 1.82) is 0 Å². The van der Waals surface area contributed by atoms with E-state index in [2.05, 4.69) is 25.3 Å². The van der Waals surface area contributed by atoms with Crippen LogP contribution >= 0.6 is 0 Å². The lowest BCUT2D eigenvalue weighted by molar-refractivity contribution is -0.0245. The molecule has 0 saturated carbocycles. The van der Waals surface area contributed by atoms with Crippen LogP contribution in [0, 0.1) is 13.8 Å². The van der Waals surface area contributed by atoms with Crippen LogP contribution in [0.1, 0.15) is 33.7 Å². The van der Waals surface area contributed by atoms with Crippen LogP contribution in [0.2, 0.25) is 0 Å². The highest BCUT2D eigenvalue weighted by Crippen LogP contribution is 2.26. The van der Waals surface area contributed by atoms with Gasteiger partial charge in [0.05, 0.1) is 24.4 Å². The fourth-order valence-electron chi connectivity index (χ4n) is 2.74. The molecule has 1 saturated heterocycles. The Hall–Kier alpha value is -2.61. The van der Waals surface area contributed by atoms with Crippen LogP contribution in [0.15, 0.2) is 18.6 Å². The van der Waals surface area contributed by atoms with Gasteiger partial charge in [-0.2, -0.15) is 0 Å². The van der Waals surface area contributed by atoms with Gasteiger partial charge < -0.3 is 15.0 Å². The first-order valence-corrected chi connectivity index (χ1v) is 7.80. The van der Waals surface area contributed by atoms with Gasteiger partial charge in [0.25, 0.3) is 5.91 Å². The number of hydrogen-bond acceptors (Lipinski definition) is 7. The third-order valence-corrected chi connectivity index (χ3v) is 3.95. The minimum Gasteiger partial charge on any atom is -0.372 e. The van der Waals surface area contributed by atoms with E-state index in [1.165, 1.54) is 0 Å². The molecular weight excluding hydrogens is 308 g/mol. The van der Waals surface area contributed by atoms with E-state index in [0.29, 0.717) is 48.3 Å². The molecule has 3 heterocycles. The molecule has 0 spiro atoms. The Bertz CT molecular complexity index is 751. The summed E-state index contributed by atoms with van der Waals surface area (Å²) < 4.78 is 5.80. The summed E-state index contributed by atoms with van der Waals surface area (Å²) in [5.41, 5.74) is 1.91. The Morgan fingerprint density at radius 1 is 1.29 bits per heavy atom. The van der Waals surface area contributed by atoms with Crippen molar-refractivity contribution in [2.75, 3.05) is 32.1 Å². The zero-order valence-electron chi connectivity index (χ0n) is 14.0. The molecule has 1 N–H and O–H groups in total. The number of amides is 1. The van der Waals surface area contributed by atoms with Gasteiger partial charge in [0.1, 0.15) is 23.4 Å². The molecule has 8 nitrogen and oxygen atoms in total. The maximum absolute atomic E-state index is 12.8. The van der Waals surface area contributed by atoms with E-state index in [1.54, 1.807) is 37.5 Å². The largest absolute Gasteiger partial charge is 0.372 e. The number of aromatic nitrogens is 4. The van der Waals surface area contributed by atoms with Gasteiger partial charge in [0.15, 0.2) is 0 Å². The number of morpholine rings is 1. The summed E-state index contributed by atoms with van der Waals surface area (Å²) >= 11 is 0. The maximum atomic E-state index is 12.8. The highest BCUT2D eigenvalue weighted by Gasteiger charge is 2.29. The van der Waals surface area contributed by atoms with Crippen LogP contribution in [-0.2, 0) is 4.74 Å². The van der Waals surface area contributed by atoms with Gasteiger partial charge in [-0.25, -0.2) is 15.0 Å². The molecule has 8 heteroatoms. The third kappa shape index (κ3) is 3.18. The standard InChI is InChI=1S/C16H20N6O2/c1-10-12(8-20-11(2)21-10)16(23)22-6-7-24-13(9-22)14-15(17-3)19-5-4-18-14/h4-5,8,13H,6-7,9H2,1-3H3,(H,17,19)/t13-/m1/s1. The van der Waals surface area contributed by atoms with E-state index < -0.39 is 0 Å². The normalized spacial score (nSPS) is 17.6. The average molecular weight is 328 g/mol. The first-order valence-electron chi connectivity index (χ1n) is 7.80. The quantitative estimate of drug-likeness (QED) is 0.903. The van der Waals surface area contributed by atoms with Crippen LogP contribution in [0.4, 0.5) is 5.82 Å². The zero-order valence-corrected chi connectivity index (χ0v) is 14.0. The lowest BCUT2D eigenvalue weighted by atomic mass is 10.1. The Morgan fingerprint density at radius 2 is 2.08 bits per heavy atom. The molecule has 0 unspecified atom stereocenters. The Kier molecular flexibility index (Phi) is 4.66. The van der Waals surface area contributed by atoms with Gasteiger partial charge in [-0.05, 0) is 13.8 Å². The highest BCUT2D eigenvalue weighted by atomic mass is 16.5. The average Bonchev–Trinajstić information content (AvgIpc) is 2.61. The van der Waals surface area contributed by atoms with Gasteiger partial charge >= 0.3 is 0 Å². The van der Waals surface area contributed by atoms with Crippen molar-refractivity contribution in [3.63, 3.8) is 0 Å². The lowest BCUT2D eigenvalue weighted by Gasteiger charge is -2.33. The molecule has 3 rings (SSSR count). The number of hydrogen-bond donors (Lipinski definition) is 1. The second-order valence-corrected chi connectivity index (χ2v) is 5.57. The van der Waals surface area contributed by atoms with Crippen molar-refractivity contribution < 1.29 is 9.53 Å². The molecular formula is C16H20N6O2. The van der Waals surface area contributed by atoms with Crippen molar-refractivity contribution in [3.05, 3.63) is 41.4 Å². The van der Waals surface area contributed by atoms with Gasteiger partial charge in [-0.15, -0.1) is 0 Å². The van der Waals surface area contributed by atoms with Crippen molar-refractivity contribution >= 4 is 11.7 Å². The molecule has 1 atom stereocenters. The van der Waals surface area contributed by atoms with Crippen LogP contribution in [0.5, 0.6) is 0 Å². The molecule has 1 fully saturated rings. The first-order chi connectivity index (χ1) is 11.6. The smallest absolute Gasteiger partial charge is 0.257 e. The van der Waals surface area contributed by atoms with E-state index in [1.807, 2.05) is 6.92 Å². The summed E-state index contributed by atoms with van der Waals surface area (Å²) in [7, 11) is 1.78. The fourth-order valence-corrected chi connectivity index (χ4v) is 2.74. The molecule has 1 aliphatic rings. The van der Waals surface area contributed by atoms with Crippen molar-refractivity contribution in [2.45, 2.75) is 20.0 Å². The van der Waals surface area contributed by atoms with E-state index in [0.717, 1.165) is 0 Å². The number of aryl methyl sites for hydroxylation is 2. The molecule has 1 amide bonds. The van der Waals surface area contributed by atoms with Gasteiger partial charge in [0, 0.05) is 32.2 Å². The minimum absolute atomic E-state index is 0.0873. The zero-order chi connectivity index (χ0) is 17.1. The van der Waals surface area contributed by atoms with Crippen LogP contribution in [-0.4, -0.2) is 57.5 Å². The monoisotopic (exact) mass is 328 g/mol. The van der Waals surface area contributed by atoms with Crippen molar-refractivity contribution in [3.8, 4) is 0 Å². The number of ether oxygens (including phenoxy) is 1. The molecule has 0 radical (unpaired) electrons. The molecule has 24 heavy (non-hydrogen) atoms. The summed E-state index contributed by atoms with van der Waals surface area (Å²) in [5.74, 6) is 1.23. The Morgan fingerprint density at radius 3 is 2.83 bits per heavy atom. The van der Waals surface area contributed by atoms with Crippen LogP contribution in [0.25, 0.3) is 0 Å². The molecule has 1 aliphatic heterocycles. The Balaban J connectivity index is 1.81. The minimum atomic E-state index is -0.314. The predicted molar refractivity (Wildman–Crippen MR) is 87.7 cm³/mol. The number of anilines is 1. The summed E-state index contributed by atoms with van der Waals surface area (Å²) in [5, 5.41) is 3.01. The summed E-state index contributed by atoms with van der Waals surface area (Å²) in [6.07, 6.45) is 4.52. The first kappa shape index (κ1) is 16.3. The van der Waals surface area contributed by atoms with E-state index >= 15 is 0 Å². The second kappa shape index (κ2) is 6.88. The second-order valence-electron chi connectivity index (χ2n) is 5.57. The number of rotatable bonds is 3. The van der Waals surface area contributed by atoms with Crippen molar-refractivity contribution in [2.24, 2.45) is 0 Å². The number of carbonyl (C=O) groups excluding carboxylic acids is 1. The molecule has 0 aromatic carbocycles. The van der Waals surface area contributed by atoms with E-state index in [4.69, 9.17) is 4.74 Å². The third-order valence-electron chi connectivity index (χ3n) is 3.95. The molecule has 2 aromatic heterocycles. The molecule has 0 aliphatic carbocycles. The van der Waals surface area contributed by atoms with E-state index in [-0.39, 0.29) is 12.0 Å². The topological polar surface area (TPSA) is 93.1 Å². The van der Waals surface area contributed by atoms with Gasteiger partial charge in [0.2, 0.25) is 0 Å². The van der Waals surface area contributed by atoms with Gasteiger partial charge in [-0.3, -0.25) is 9.78 Å². The predicted octanol–water partition coefficient (Wildman–Crippen LogP) is 1.14. The van der Waals surface area contributed by atoms with Crippen LogP contribution < -0.4 is 5.32 Å². The van der Waals surface area contributed by atoms with Crippen LogP contribution in [0.3, 0.4) is 0 Å². The number of nitrogens with one attached hydrogen (secondary N) is 1. The van der Waals surface area contributed by atoms with E-state index in [9.17, 15) is 4.79 Å². The maximum Gasteiger partial charge on any atom is 0.257 e. The number of nitrogens with zero attached hydrogens (tertiary/aromatic N) is 5. The van der Waals surface area contributed by atoms with Gasteiger partial charge in [-0.1, -0.05) is 0 Å². The molecule has 126 valence electrons. The molecule has 0 bridgehead atoms. The highest BCUT2D eigenvalue weighted by molar-refractivity contribution is 5.95. The summed E-state index contributed by atoms with van der Waals surface area (Å²) in [6.45, 7) is 5.01. The summed E-state index contributed by atoms with van der Waals surface area (Å²) in [4.78, 5) is 31.6. The SMILES string of the molecule is CNc1nccnc1[C@H]1CN(C(=O)c2cnc(C)nc2C)CCO1. The Labute approximate surface area is 140 Å².